The van der Waals surface area contributed by atoms with Crippen molar-refractivity contribution in [2.45, 2.75) is 13.0 Å². The zero-order valence-electron chi connectivity index (χ0n) is 17.5. The lowest BCUT2D eigenvalue weighted by Crippen LogP contribution is -2.25. The van der Waals surface area contributed by atoms with Gasteiger partial charge in [0.1, 0.15) is 18.7 Å². The summed E-state index contributed by atoms with van der Waals surface area (Å²) in [5, 5.41) is 2.90. The second-order valence-electron chi connectivity index (χ2n) is 7.19. The first-order chi connectivity index (χ1) is 15.2. The highest BCUT2D eigenvalue weighted by atomic mass is 16.5. The molecule has 4 aromatic rings. The molecule has 6 heteroatoms. The number of amides is 1. The molecule has 0 bridgehead atoms. The molecule has 0 aliphatic heterocycles. The maximum atomic E-state index is 12.3. The van der Waals surface area contributed by atoms with E-state index in [1.165, 1.54) is 0 Å². The van der Waals surface area contributed by atoms with E-state index in [1.807, 2.05) is 77.4 Å². The summed E-state index contributed by atoms with van der Waals surface area (Å²) in [4.78, 5) is 16.8. The molecular weight excluding hydrogens is 390 g/mol. The second kappa shape index (κ2) is 9.91. The van der Waals surface area contributed by atoms with E-state index in [1.54, 1.807) is 13.4 Å². The van der Waals surface area contributed by atoms with Gasteiger partial charge in [-0.2, -0.15) is 0 Å². The fraction of sp³-hybridized carbons (Fsp3) is 0.200. The number of aromatic nitrogens is 2. The van der Waals surface area contributed by atoms with Crippen LogP contribution < -0.4 is 10.1 Å². The van der Waals surface area contributed by atoms with Gasteiger partial charge in [0.25, 0.3) is 5.91 Å². The number of rotatable bonds is 9. The largest absolute Gasteiger partial charge is 0.489 e. The van der Waals surface area contributed by atoms with Crippen molar-refractivity contribution in [3.8, 4) is 11.4 Å². The van der Waals surface area contributed by atoms with Gasteiger partial charge in [0.2, 0.25) is 0 Å². The molecule has 0 unspecified atom stereocenters. The Morgan fingerprint density at radius 2 is 1.84 bits per heavy atom. The Morgan fingerprint density at radius 3 is 2.61 bits per heavy atom. The summed E-state index contributed by atoms with van der Waals surface area (Å²) in [6, 6.07) is 23.5. The highest BCUT2D eigenvalue weighted by molar-refractivity contribution is 5.97. The average Bonchev–Trinajstić information content (AvgIpc) is 3.25. The van der Waals surface area contributed by atoms with Gasteiger partial charge in [-0.05, 0) is 54.4 Å². The Kier molecular flexibility index (Phi) is 6.59. The molecule has 3 aromatic carbocycles. The second-order valence-corrected chi connectivity index (χ2v) is 7.19. The molecule has 4 rings (SSSR count). The topological polar surface area (TPSA) is 65.4 Å². The highest BCUT2D eigenvalue weighted by Gasteiger charge is 2.10. The lowest BCUT2D eigenvalue weighted by atomic mass is 10.2. The van der Waals surface area contributed by atoms with Crippen LogP contribution in [0.1, 0.15) is 22.3 Å². The lowest BCUT2D eigenvalue weighted by Gasteiger charge is -2.09. The summed E-state index contributed by atoms with van der Waals surface area (Å²) in [5.74, 6) is 0.705. The fourth-order valence-electron chi connectivity index (χ4n) is 3.32. The van der Waals surface area contributed by atoms with Crippen LogP contribution in [0.5, 0.6) is 5.75 Å². The van der Waals surface area contributed by atoms with Gasteiger partial charge in [0, 0.05) is 31.5 Å². The van der Waals surface area contributed by atoms with Gasteiger partial charge in [-0.3, -0.25) is 9.36 Å². The number of imidazole rings is 1. The first-order valence-electron chi connectivity index (χ1n) is 10.3. The van der Waals surface area contributed by atoms with Crippen LogP contribution in [0, 0.1) is 0 Å². The maximum absolute atomic E-state index is 12.3. The van der Waals surface area contributed by atoms with Crippen molar-refractivity contribution in [1.82, 2.24) is 14.9 Å². The molecule has 1 amide bonds. The van der Waals surface area contributed by atoms with Gasteiger partial charge in [0.15, 0.2) is 0 Å². The zero-order chi connectivity index (χ0) is 21.5. The molecule has 0 aliphatic carbocycles. The van der Waals surface area contributed by atoms with Crippen molar-refractivity contribution in [2.24, 2.45) is 0 Å². The Morgan fingerprint density at radius 1 is 1.03 bits per heavy atom. The molecule has 0 saturated carbocycles. The van der Waals surface area contributed by atoms with Gasteiger partial charge in [-0.25, -0.2) is 4.98 Å². The molecule has 31 heavy (non-hydrogen) atoms. The van der Waals surface area contributed by atoms with E-state index >= 15 is 0 Å². The Labute approximate surface area is 181 Å². The van der Waals surface area contributed by atoms with Crippen LogP contribution in [-0.4, -0.2) is 35.7 Å². The van der Waals surface area contributed by atoms with Gasteiger partial charge in [0.05, 0.1) is 11.0 Å². The van der Waals surface area contributed by atoms with Crippen LogP contribution in [-0.2, 0) is 11.3 Å². The van der Waals surface area contributed by atoms with E-state index < -0.39 is 0 Å². The third-order valence-corrected chi connectivity index (χ3v) is 4.98. The summed E-state index contributed by atoms with van der Waals surface area (Å²) in [7, 11) is 1.65. The van der Waals surface area contributed by atoms with E-state index in [4.69, 9.17) is 9.47 Å². The number of nitrogens with one attached hydrogen (secondary N) is 1. The number of carbonyl (C=O) groups is 1. The molecule has 0 fully saturated rings. The number of fused-ring (bicyclic) bond motifs is 1. The Balaban J connectivity index is 1.44. The zero-order valence-corrected chi connectivity index (χ0v) is 17.5. The highest BCUT2D eigenvalue weighted by Crippen LogP contribution is 2.22. The quantitative estimate of drug-likeness (QED) is 0.412. The van der Waals surface area contributed by atoms with E-state index in [0.717, 1.165) is 34.5 Å². The predicted molar refractivity (Wildman–Crippen MR) is 121 cm³/mol. The molecular formula is C25H25N3O3. The van der Waals surface area contributed by atoms with Crippen LogP contribution in [0.4, 0.5) is 0 Å². The number of methoxy groups -OCH3 is 1. The van der Waals surface area contributed by atoms with E-state index in [0.29, 0.717) is 25.3 Å². The van der Waals surface area contributed by atoms with Crippen LogP contribution in [0.2, 0.25) is 0 Å². The maximum Gasteiger partial charge on any atom is 0.251 e. The van der Waals surface area contributed by atoms with Crippen LogP contribution in [0.3, 0.4) is 0 Å². The van der Waals surface area contributed by atoms with Gasteiger partial charge in [-0.15, -0.1) is 0 Å². The molecule has 1 N–H and O–H groups in total. The van der Waals surface area contributed by atoms with Crippen molar-refractivity contribution < 1.29 is 14.3 Å². The first kappa shape index (κ1) is 20.6. The van der Waals surface area contributed by atoms with E-state index in [2.05, 4.69) is 10.3 Å². The van der Waals surface area contributed by atoms with Gasteiger partial charge < -0.3 is 14.8 Å². The van der Waals surface area contributed by atoms with Gasteiger partial charge in [-0.1, -0.05) is 30.3 Å². The van der Waals surface area contributed by atoms with Crippen LogP contribution >= 0.6 is 0 Å². The monoisotopic (exact) mass is 415 g/mol. The van der Waals surface area contributed by atoms with E-state index in [9.17, 15) is 4.79 Å². The van der Waals surface area contributed by atoms with Crippen molar-refractivity contribution >= 4 is 16.9 Å². The number of carbonyl (C=O) groups excluding carboxylic acids is 1. The lowest BCUT2D eigenvalue weighted by molar-refractivity contribution is 0.0948. The van der Waals surface area contributed by atoms with Gasteiger partial charge >= 0.3 is 0 Å². The van der Waals surface area contributed by atoms with Crippen molar-refractivity contribution in [3.63, 3.8) is 0 Å². The third-order valence-electron chi connectivity index (χ3n) is 4.98. The van der Waals surface area contributed by atoms with Crippen molar-refractivity contribution in [2.75, 3.05) is 20.3 Å². The van der Waals surface area contributed by atoms with Crippen LogP contribution in [0.25, 0.3) is 16.7 Å². The number of hydrogen-bond acceptors (Lipinski definition) is 4. The summed E-state index contributed by atoms with van der Waals surface area (Å²) < 4.78 is 12.9. The molecule has 158 valence electrons. The van der Waals surface area contributed by atoms with Crippen molar-refractivity contribution in [3.05, 3.63) is 90.3 Å². The normalized spacial score (nSPS) is 10.9. The van der Waals surface area contributed by atoms with Crippen molar-refractivity contribution in [1.29, 1.82) is 0 Å². The summed E-state index contributed by atoms with van der Waals surface area (Å²) >= 11 is 0. The number of nitrogens with zero attached hydrogens (tertiary/aromatic N) is 2. The summed E-state index contributed by atoms with van der Waals surface area (Å²) in [6.45, 7) is 1.74. The molecule has 1 aromatic heterocycles. The predicted octanol–water partition coefficient (Wildman–Crippen LogP) is 4.37. The standard InChI is InChI=1S/C25H25N3O3/c1-30-15-5-14-26-25(29)20-8-13-24-23(16-20)27-18-28(24)21-9-11-22(12-10-21)31-17-19-6-3-2-4-7-19/h2-4,6-13,16,18H,5,14-15,17H2,1H3,(H,26,29). The minimum atomic E-state index is -0.104. The summed E-state index contributed by atoms with van der Waals surface area (Å²) in [6.07, 6.45) is 2.55. The molecule has 0 radical (unpaired) electrons. The minimum absolute atomic E-state index is 0.104. The fourth-order valence-corrected chi connectivity index (χ4v) is 3.32. The first-order valence-corrected chi connectivity index (χ1v) is 10.3. The molecule has 6 nitrogen and oxygen atoms in total. The number of benzene rings is 3. The summed E-state index contributed by atoms with van der Waals surface area (Å²) in [5.41, 5.74) is 4.42. The Bertz CT molecular complexity index is 1140. The number of hydrogen-bond donors (Lipinski definition) is 1. The smallest absolute Gasteiger partial charge is 0.251 e. The minimum Gasteiger partial charge on any atom is -0.489 e. The van der Waals surface area contributed by atoms with E-state index in [-0.39, 0.29) is 5.91 Å². The number of ether oxygens (including phenoxy) is 2. The molecule has 0 aliphatic rings. The average molecular weight is 415 g/mol. The molecule has 0 saturated heterocycles. The van der Waals surface area contributed by atoms with Crippen LogP contribution in [0.15, 0.2) is 79.1 Å². The third kappa shape index (κ3) is 5.10. The molecule has 1 heterocycles. The SMILES string of the molecule is COCCCNC(=O)c1ccc2c(c1)ncn2-c1ccc(OCc2ccccc2)cc1. The molecule has 0 spiro atoms. The Hall–Kier alpha value is -3.64. The molecule has 0 atom stereocenters.